The fourth-order valence-corrected chi connectivity index (χ4v) is 3.66. The van der Waals surface area contributed by atoms with E-state index in [9.17, 15) is 21.6 Å². The molecular formula is C11H16N2O5S2. The van der Waals surface area contributed by atoms with Gasteiger partial charge in [0.05, 0.1) is 15.8 Å². The van der Waals surface area contributed by atoms with Gasteiger partial charge < -0.3 is 5.73 Å². The van der Waals surface area contributed by atoms with Gasteiger partial charge in [-0.05, 0) is 31.5 Å². The van der Waals surface area contributed by atoms with Gasteiger partial charge >= 0.3 is 0 Å². The lowest BCUT2D eigenvalue weighted by molar-refractivity contribution is -0.119. The van der Waals surface area contributed by atoms with Gasteiger partial charge in [-0.3, -0.25) is 4.79 Å². The summed E-state index contributed by atoms with van der Waals surface area (Å²) < 4.78 is 49.3. The predicted octanol–water partition coefficient (Wildman–Crippen LogP) is -0.449. The Morgan fingerprint density at radius 1 is 1.25 bits per heavy atom. The zero-order valence-electron chi connectivity index (χ0n) is 11.2. The Morgan fingerprint density at radius 2 is 1.80 bits per heavy atom. The highest BCUT2D eigenvalue weighted by Crippen LogP contribution is 2.20. The first-order valence-electron chi connectivity index (χ1n) is 5.57. The van der Waals surface area contributed by atoms with E-state index in [-0.39, 0.29) is 9.79 Å². The van der Waals surface area contributed by atoms with Crippen LogP contribution in [0.4, 0.5) is 0 Å². The molecule has 0 unspecified atom stereocenters. The molecule has 20 heavy (non-hydrogen) atoms. The highest BCUT2D eigenvalue weighted by atomic mass is 32.2. The minimum absolute atomic E-state index is 0.116. The molecule has 1 atom stereocenters. The minimum atomic E-state index is -4.03. The summed E-state index contributed by atoms with van der Waals surface area (Å²) in [5, 5.41) is 0. The number of carbonyl (C=O) groups excluding carboxylic acids is 1. The third-order valence-corrected chi connectivity index (χ3v) is 5.43. The number of nitrogens with one attached hydrogen (secondary N) is 1. The van der Waals surface area contributed by atoms with Gasteiger partial charge in [0.25, 0.3) is 0 Å². The molecular weight excluding hydrogens is 304 g/mol. The number of hydrogen-bond donors (Lipinski definition) is 2. The number of amides is 1. The molecule has 0 aliphatic carbocycles. The molecule has 7 nitrogen and oxygen atoms in total. The lowest BCUT2D eigenvalue weighted by Gasteiger charge is -2.13. The van der Waals surface area contributed by atoms with Crippen molar-refractivity contribution in [3.63, 3.8) is 0 Å². The van der Waals surface area contributed by atoms with Gasteiger partial charge in [0, 0.05) is 6.26 Å². The van der Waals surface area contributed by atoms with Crippen molar-refractivity contribution in [2.45, 2.75) is 29.7 Å². The maximum Gasteiger partial charge on any atom is 0.241 e. The summed E-state index contributed by atoms with van der Waals surface area (Å²) in [6.45, 7) is 2.82. The van der Waals surface area contributed by atoms with Crippen molar-refractivity contribution >= 4 is 25.8 Å². The molecule has 0 heterocycles. The van der Waals surface area contributed by atoms with Crippen LogP contribution < -0.4 is 10.5 Å². The molecule has 0 saturated carbocycles. The van der Waals surface area contributed by atoms with E-state index < -0.39 is 31.8 Å². The van der Waals surface area contributed by atoms with E-state index in [4.69, 9.17) is 5.73 Å². The van der Waals surface area contributed by atoms with Crippen molar-refractivity contribution < 1.29 is 21.6 Å². The molecule has 1 rings (SSSR count). The first-order chi connectivity index (χ1) is 8.95. The van der Waals surface area contributed by atoms with E-state index in [1.165, 1.54) is 26.0 Å². The first-order valence-corrected chi connectivity index (χ1v) is 8.95. The van der Waals surface area contributed by atoms with E-state index in [2.05, 4.69) is 4.72 Å². The lowest BCUT2D eigenvalue weighted by Crippen LogP contribution is -2.42. The van der Waals surface area contributed by atoms with Crippen molar-refractivity contribution in [2.75, 3.05) is 6.26 Å². The average molecular weight is 320 g/mol. The second-order valence-electron chi connectivity index (χ2n) is 4.44. The molecule has 112 valence electrons. The molecule has 0 fully saturated rings. The third kappa shape index (κ3) is 3.78. The van der Waals surface area contributed by atoms with Crippen LogP contribution >= 0.6 is 0 Å². The summed E-state index contributed by atoms with van der Waals surface area (Å²) in [6, 6.07) is 2.67. The largest absolute Gasteiger partial charge is 0.368 e. The summed E-state index contributed by atoms with van der Waals surface area (Å²) in [7, 11) is -7.56. The summed E-state index contributed by atoms with van der Waals surface area (Å²) in [6.07, 6.45) is 0.980. The van der Waals surface area contributed by atoms with Crippen LogP contribution in [0.1, 0.15) is 12.5 Å². The van der Waals surface area contributed by atoms with E-state index in [1.807, 2.05) is 0 Å². The normalized spacial score (nSPS) is 13.9. The molecule has 1 amide bonds. The van der Waals surface area contributed by atoms with Gasteiger partial charge in [-0.15, -0.1) is 0 Å². The topological polar surface area (TPSA) is 123 Å². The Bertz CT molecular complexity index is 738. The van der Waals surface area contributed by atoms with Crippen LogP contribution in [0.25, 0.3) is 0 Å². The van der Waals surface area contributed by atoms with Gasteiger partial charge in [0.15, 0.2) is 9.84 Å². The van der Waals surface area contributed by atoms with Gasteiger partial charge in [0.2, 0.25) is 15.9 Å². The summed E-state index contributed by atoms with van der Waals surface area (Å²) in [5.74, 6) is -0.828. The molecule has 0 aliphatic rings. The summed E-state index contributed by atoms with van der Waals surface area (Å²) in [4.78, 5) is 10.6. The Hall–Kier alpha value is -1.45. The average Bonchev–Trinajstić information content (AvgIpc) is 2.26. The molecule has 0 radical (unpaired) electrons. The monoisotopic (exact) mass is 320 g/mol. The Morgan fingerprint density at radius 3 is 2.25 bits per heavy atom. The number of nitrogens with two attached hydrogens (primary N) is 1. The molecule has 1 aromatic rings. The molecule has 1 aromatic carbocycles. The highest BCUT2D eigenvalue weighted by Gasteiger charge is 2.23. The zero-order valence-corrected chi connectivity index (χ0v) is 12.9. The maximum atomic E-state index is 12.1. The molecule has 0 spiro atoms. The van der Waals surface area contributed by atoms with E-state index >= 15 is 0 Å². The number of sulfonamides is 1. The Balaban J connectivity index is 3.35. The summed E-state index contributed by atoms with van der Waals surface area (Å²) >= 11 is 0. The van der Waals surface area contributed by atoms with Crippen LogP contribution in [-0.2, 0) is 24.7 Å². The zero-order chi connectivity index (χ0) is 15.7. The van der Waals surface area contributed by atoms with Crippen molar-refractivity contribution in [3.05, 3.63) is 23.8 Å². The second-order valence-corrected chi connectivity index (χ2v) is 8.14. The molecule has 0 saturated heterocycles. The van der Waals surface area contributed by atoms with Crippen molar-refractivity contribution in [2.24, 2.45) is 5.73 Å². The number of primary amides is 1. The Labute approximate surface area is 118 Å². The predicted molar refractivity (Wildman–Crippen MR) is 73.3 cm³/mol. The number of sulfone groups is 1. The second kappa shape index (κ2) is 5.51. The SMILES string of the molecule is Cc1ccc(S(C)(=O)=O)cc1S(=O)(=O)N[C@@H](C)C(N)=O. The number of benzene rings is 1. The van der Waals surface area contributed by atoms with Gasteiger partial charge in [0.1, 0.15) is 0 Å². The maximum absolute atomic E-state index is 12.1. The van der Waals surface area contributed by atoms with Crippen LogP contribution in [0.5, 0.6) is 0 Å². The van der Waals surface area contributed by atoms with Gasteiger partial charge in [-0.2, -0.15) is 4.72 Å². The Kier molecular flexibility index (Phi) is 4.57. The molecule has 9 heteroatoms. The van der Waals surface area contributed by atoms with Crippen LogP contribution in [-0.4, -0.2) is 35.0 Å². The molecule has 0 bridgehead atoms. The van der Waals surface area contributed by atoms with Crippen LogP contribution in [0.2, 0.25) is 0 Å². The van der Waals surface area contributed by atoms with Crippen molar-refractivity contribution in [3.8, 4) is 0 Å². The van der Waals surface area contributed by atoms with E-state index in [0.29, 0.717) is 5.56 Å². The van der Waals surface area contributed by atoms with Gasteiger partial charge in [-0.1, -0.05) is 6.07 Å². The van der Waals surface area contributed by atoms with E-state index in [0.717, 1.165) is 12.3 Å². The fraction of sp³-hybridized carbons (Fsp3) is 0.364. The first kappa shape index (κ1) is 16.6. The smallest absolute Gasteiger partial charge is 0.241 e. The number of rotatable bonds is 5. The van der Waals surface area contributed by atoms with E-state index in [1.54, 1.807) is 0 Å². The van der Waals surface area contributed by atoms with Crippen LogP contribution in [0.3, 0.4) is 0 Å². The number of aryl methyl sites for hydroxylation is 1. The highest BCUT2D eigenvalue weighted by molar-refractivity contribution is 7.91. The number of carbonyl (C=O) groups is 1. The van der Waals surface area contributed by atoms with Crippen molar-refractivity contribution in [1.29, 1.82) is 0 Å². The quantitative estimate of drug-likeness (QED) is 0.760. The fourth-order valence-electron chi connectivity index (χ4n) is 1.45. The minimum Gasteiger partial charge on any atom is -0.368 e. The third-order valence-electron chi connectivity index (χ3n) is 2.64. The number of hydrogen-bond acceptors (Lipinski definition) is 5. The molecule has 3 N–H and O–H groups in total. The van der Waals surface area contributed by atoms with Gasteiger partial charge in [-0.25, -0.2) is 16.8 Å². The van der Waals surface area contributed by atoms with Crippen LogP contribution in [0.15, 0.2) is 28.0 Å². The molecule has 0 aromatic heterocycles. The summed E-state index contributed by atoms with van der Waals surface area (Å²) in [5.41, 5.74) is 5.36. The van der Waals surface area contributed by atoms with Crippen molar-refractivity contribution in [1.82, 2.24) is 4.72 Å². The lowest BCUT2D eigenvalue weighted by atomic mass is 10.2. The molecule has 0 aliphatic heterocycles. The standard InChI is InChI=1S/C11H16N2O5S2/c1-7-4-5-9(19(3,15)16)6-10(7)20(17,18)13-8(2)11(12)14/h4-6,8,13H,1-3H3,(H2,12,14)/t8-/m0/s1. The van der Waals surface area contributed by atoms with Crippen LogP contribution in [0, 0.1) is 6.92 Å².